The van der Waals surface area contributed by atoms with Gasteiger partial charge in [0.05, 0.1) is 18.0 Å². The summed E-state index contributed by atoms with van der Waals surface area (Å²) in [6, 6.07) is 16.8. The minimum absolute atomic E-state index is 0.0466. The third kappa shape index (κ3) is 5.06. The molecule has 1 aromatic heterocycles. The van der Waals surface area contributed by atoms with Crippen molar-refractivity contribution in [2.45, 2.75) is 52.1 Å². The molecule has 2 heterocycles. The Bertz CT molecular complexity index is 1180. The van der Waals surface area contributed by atoms with Gasteiger partial charge >= 0.3 is 0 Å². The fourth-order valence-electron chi connectivity index (χ4n) is 4.56. The first-order valence-electron chi connectivity index (χ1n) is 12.3. The quantitative estimate of drug-likeness (QED) is 0.600. The molecule has 1 aliphatic carbocycles. The van der Waals surface area contributed by atoms with E-state index >= 15 is 0 Å². The predicted octanol–water partition coefficient (Wildman–Crippen LogP) is 4.35. The van der Waals surface area contributed by atoms with E-state index in [1.54, 1.807) is 0 Å². The van der Waals surface area contributed by atoms with Crippen LogP contribution < -0.4 is 5.32 Å². The van der Waals surface area contributed by atoms with Crippen molar-refractivity contribution in [2.24, 2.45) is 5.92 Å². The fraction of sp³-hybridized carbons (Fsp3) is 0.393. The number of piperidine rings is 1. The van der Waals surface area contributed by atoms with Crippen LogP contribution in [0.5, 0.6) is 0 Å². The third-order valence-electron chi connectivity index (χ3n) is 6.79. The smallest absolute Gasteiger partial charge is 0.257 e. The number of nitrogens with zero attached hydrogens (tertiary/aromatic N) is 3. The van der Waals surface area contributed by atoms with Crippen LogP contribution >= 0.6 is 0 Å². The third-order valence-corrected chi connectivity index (χ3v) is 6.79. The van der Waals surface area contributed by atoms with Crippen molar-refractivity contribution >= 4 is 11.8 Å². The van der Waals surface area contributed by atoms with Gasteiger partial charge in [0, 0.05) is 30.9 Å². The Kier molecular flexibility index (Phi) is 6.22. The van der Waals surface area contributed by atoms with Crippen LogP contribution in [-0.4, -0.2) is 45.6 Å². The van der Waals surface area contributed by atoms with Crippen LogP contribution in [0.1, 0.15) is 52.7 Å². The summed E-state index contributed by atoms with van der Waals surface area (Å²) in [5, 5.41) is 7.94. The molecule has 0 bridgehead atoms. The molecule has 6 nitrogen and oxygen atoms in total. The number of aromatic nitrogens is 2. The van der Waals surface area contributed by atoms with E-state index in [0.717, 1.165) is 42.4 Å². The Balaban J connectivity index is 1.41. The molecule has 2 aliphatic rings. The van der Waals surface area contributed by atoms with Crippen LogP contribution in [-0.2, 0) is 11.3 Å². The van der Waals surface area contributed by atoms with E-state index in [4.69, 9.17) is 5.10 Å². The second-order valence-corrected chi connectivity index (χ2v) is 9.81. The molecule has 0 radical (unpaired) electrons. The number of nitrogens with one attached hydrogen (secondary N) is 1. The number of likely N-dealkylation sites (tertiary alicyclic amines) is 1. The standard InChI is InChI=1S/C28H32N4O2/c1-19-5-9-21(10-6-19)16-32-18-25(26(30-32)22-11-7-20(2)8-12-22)28(34)31-15-3-4-23(17-31)27(33)29-24-13-14-24/h5-12,18,23-24H,3-4,13-17H2,1-2H3,(H,29,33). The van der Waals surface area contributed by atoms with Gasteiger partial charge in [-0.2, -0.15) is 5.10 Å². The highest BCUT2D eigenvalue weighted by Gasteiger charge is 2.33. The van der Waals surface area contributed by atoms with E-state index in [9.17, 15) is 9.59 Å². The van der Waals surface area contributed by atoms with Crippen molar-refractivity contribution in [1.29, 1.82) is 0 Å². The number of hydrogen-bond donors (Lipinski definition) is 1. The van der Waals surface area contributed by atoms with Gasteiger partial charge in [0.1, 0.15) is 5.69 Å². The van der Waals surface area contributed by atoms with Crippen molar-refractivity contribution < 1.29 is 9.59 Å². The maximum absolute atomic E-state index is 13.7. The topological polar surface area (TPSA) is 67.2 Å². The first kappa shape index (κ1) is 22.4. The van der Waals surface area contributed by atoms with Crippen LogP contribution in [0, 0.1) is 19.8 Å². The molecule has 2 amide bonds. The number of rotatable bonds is 6. The van der Waals surface area contributed by atoms with Crippen molar-refractivity contribution in [1.82, 2.24) is 20.0 Å². The number of hydrogen-bond acceptors (Lipinski definition) is 3. The molecular formula is C28H32N4O2. The van der Waals surface area contributed by atoms with Gasteiger partial charge in [-0.25, -0.2) is 0 Å². The number of amides is 2. The molecule has 1 aliphatic heterocycles. The molecule has 1 unspecified atom stereocenters. The number of aryl methyl sites for hydroxylation is 2. The summed E-state index contributed by atoms with van der Waals surface area (Å²) in [6.45, 7) is 5.85. The Morgan fingerprint density at radius 1 is 0.971 bits per heavy atom. The number of carbonyl (C=O) groups is 2. The average molecular weight is 457 g/mol. The zero-order valence-electron chi connectivity index (χ0n) is 20.0. The summed E-state index contributed by atoms with van der Waals surface area (Å²) in [7, 11) is 0. The van der Waals surface area contributed by atoms with Crippen molar-refractivity contribution in [2.75, 3.05) is 13.1 Å². The van der Waals surface area contributed by atoms with Crippen molar-refractivity contribution in [3.63, 3.8) is 0 Å². The highest BCUT2D eigenvalue weighted by atomic mass is 16.2. The highest BCUT2D eigenvalue weighted by molar-refractivity contribution is 6.00. The van der Waals surface area contributed by atoms with Gasteiger partial charge in [0.2, 0.25) is 5.91 Å². The molecule has 176 valence electrons. The van der Waals surface area contributed by atoms with E-state index in [1.165, 1.54) is 5.56 Å². The van der Waals surface area contributed by atoms with Gasteiger partial charge in [-0.1, -0.05) is 59.7 Å². The van der Waals surface area contributed by atoms with E-state index in [1.807, 2.05) is 47.0 Å². The Morgan fingerprint density at radius 2 is 1.65 bits per heavy atom. The van der Waals surface area contributed by atoms with Gasteiger partial charge in [-0.3, -0.25) is 14.3 Å². The van der Waals surface area contributed by atoms with E-state index < -0.39 is 0 Å². The zero-order chi connectivity index (χ0) is 23.7. The lowest BCUT2D eigenvalue weighted by atomic mass is 9.96. The summed E-state index contributed by atoms with van der Waals surface area (Å²) in [5.41, 5.74) is 5.73. The number of carbonyl (C=O) groups excluding carboxylic acids is 2. The average Bonchev–Trinajstić information content (AvgIpc) is 3.57. The van der Waals surface area contributed by atoms with Gasteiger partial charge in [0.25, 0.3) is 5.91 Å². The Labute approximate surface area is 201 Å². The lowest BCUT2D eigenvalue weighted by Gasteiger charge is -2.32. The molecule has 34 heavy (non-hydrogen) atoms. The summed E-state index contributed by atoms with van der Waals surface area (Å²) in [5.74, 6) is -0.0906. The van der Waals surface area contributed by atoms with Crippen molar-refractivity contribution in [3.05, 3.63) is 77.0 Å². The largest absolute Gasteiger partial charge is 0.353 e. The fourth-order valence-corrected chi connectivity index (χ4v) is 4.56. The molecule has 1 saturated carbocycles. The highest BCUT2D eigenvalue weighted by Crippen LogP contribution is 2.27. The number of benzene rings is 2. The molecule has 1 saturated heterocycles. The van der Waals surface area contributed by atoms with Gasteiger partial charge in [-0.05, 0) is 45.1 Å². The Morgan fingerprint density at radius 3 is 2.32 bits per heavy atom. The molecule has 6 heteroatoms. The summed E-state index contributed by atoms with van der Waals surface area (Å²) in [4.78, 5) is 28.2. The summed E-state index contributed by atoms with van der Waals surface area (Å²) >= 11 is 0. The molecule has 1 N–H and O–H groups in total. The SMILES string of the molecule is Cc1ccc(Cn2cc(C(=O)N3CCCC(C(=O)NC4CC4)C3)c(-c3ccc(C)cc3)n2)cc1. The molecule has 3 aromatic rings. The monoisotopic (exact) mass is 456 g/mol. The minimum atomic E-state index is -0.135. The normalized spacial score (nSPS) is 18.1. The van der Waals surface area contributed by atoms with Crippen LogP contribution in [0.2, 0.25) is 0 Å². The second-order valence-electron chi connectivity index (χ2n) is 9.81. The van der Waals surface area contributed by atoms with Crippen LogP contribution in [0.15, 0.2) is 54.7 Å². The van der Waals surface area contributed by atoms with Gasteiger partial charge in [-0.15, -0.1) is 0 Å². The molecule has 0 spiro atoms. The van der Waals surface area contributed by atoms with E-state index in [0.29, 0.717) is 36.9 Å². The summed E-state index contributed by atoms with van der Waals surface area (Å²) < 4.78 is 1.86. The van der Waals surface area contributed by atoms with Crippen LogP contribution in [0.3, 0.4) is 0 Å². The zero-order valence-corrected chi connectivity index (χ0v) is 20.0. The first-order chi connectivity index (χ1) is 16.5. The molecule has 1 atom stereocenters. The minimum Gasteiger partial charge on any atom is -0.353 e. The lowest BCUT2D eigenvalue weighted by molar-refractivity contribution is -0.126. The maximum atomic E-state index is 13.7. The molecule has 5 rings (SSSR count). The van der Waals surface area contributed by atoms with E-state index in [2.05, 4.69) is 36.5 Å². The molecule has 2 aromatic carbocycles. The van der Waals surface area contributed by atoms with Gasteiger partial charge < -0.3 is 10.2 Å². The van der Waals surface area contributed by atoms with E-state index in [-0.39, 0.29) is 17.7 Å². The Hall–Kier alpha value is -3.41. The van der Waals surface area contributed by atoms with Gasteiger partial charge in [0.15, 0.2) is 0 Å². The maximum Gasteiger partial charge on any atom is 0.257 e. The molecular weight excluding hydrogens is 424 g/mol. The van der Waals surface area contributed by atoms with Crippen molar-refractivity contribution in [3.8, 4) is 11.3 Å². The van der Waals surface area contributed by atoms with Crippen LogP contribution in [0.4, 0.5) is 0 Å². The lowest BCUT2D eigenvalue weighted by Crippen LogP contribution is -2.45. The predicted molar refractivity (Wildman–Crippen MR) is 132 cm³/mol. The first-order valence-corrected chi connectivity index (χ1v) is 12.3. The molecule has 2 fully saturated rings. The second kappa shape index (κ2) is 9.45. The van der Waals surface area contributed by atoms with Crippen LogP contribution in [0.25, 0.3) is 11.3 Å². The summed E-state index contributed by atoms with van der Waals surface area (Å²) in [6.07, 6.45) is 5.68.